The zero-order chi connectivity index (χ0) is 12.0. The van der Waals surface area contributed by atoms with Crippen LogP contribution < -0.4 is 5.73 Å². The van der Waals surface area contributed by atoms with Crippen LogP contribution in [0.4, 0.5) is 0 Å². The first-order chi connectivity index (χ1) is 7.61. The second kappa shape index (κ2) is 7.22. The third kappa shape index (κ3) is 5.25. The van der Waals surface area contributed by atoms with Crippen LogP contribution in [0, 0.1) is 5.92 Å². The Balaban J connectivity index is 2.12. The Morgan fingerprint density at radius 3 is 2.19 bits per heavy atom. The Labute approximate surface area is 99.4 Å². The Bertz CT molecular complexity index is 179. The smallest absolute Gasteiger partial charge is 0.0674 e. The number of piperazine rings is 1. The van der Waals surface area contributed by atoms with Gasteiger partial charge in [-0.1, -0.05) is 13.8 Å². The third-order valence-electron chi connectivity index (χ3n) is 3.14. The van der Waals surface area contributed by atoms with Crippen LogP contribution in [0.2, 0.25) is 0 Å². The van der Waals surface area contributed by atoms with E-state index in [2.05, 4.69) is 23.6 Å². The Kier molecular flexibility index (Phi) is 6.28. The molecule has 1 aliphatic heterocycles. The lowest BCUT2D eigenvalue weighted by molar-refractivity contribution is 0.0993. The van der Waals surface area contributed by atoms with Crippen LogP contribution in [0.1, 0.15) is 20.3 Å². The highest BCUT2D eigenvalue weighted by Gasteiger charge is 2.17. The number of hydrogen-bond acceptors (Lipinski definition) is 4. The van der Waals surface area contributed by atoms with Gasteiger partial charge in [0.2, 0.25) is 0 Å². The highest BCUT2D eigenvalue weighted by Crippen LogP contribution is 2.06. The average Bonchev–Trinajstić information content (AvgIpc) is 2.27. The van der Waals surface area contributed by atoms with Crippen molar-refractivity contribution < 1.29 is 5.11 Å². The third-order valence-corrected chi connectivity index (χ3v) is 3.14. The number of hydrogen-bond donors (Lipinski definition) is 2. The average molecular weight is 229 g/mol. The van der Waals surface area contributed by atoms with Gasteiger partial charge in [-0.05, 0) is 12.3 Å². The molecule has 1 atom stereocenters. The van der Waals surface area contributed by atoms with Crippen LogP contribution in [0.25, 0.3) is 0 Å². The van der Waals surface area contributed by atoms with Gasteiger partial charge in [-0.25, -0.2) is 0 Å². The Morgan fingerprint density at radius 1 is 1.12 bits per heavy atom. The number of aliphatic hydroxyl groups is 1. The lowest BCUT2D eigenvalue weighted by Gasteiger charge is -2.35. The van der Waals surface area contributed by atoms with Crippen LogP contribution in [0.5, 0.6) is 0 Å². The van der Waals surface area contributed by atoms with Crippen molar-refractivity contribution in [3.63, 3.8) is 0 Å². The Morgan fingerprint density at radius 2 is 1.69 bits per heavy atom. The van der Waals surface area contributed by atoms with Gasteiger partial charge in [0, 0.05) is 45.8 Å². The molecular formula is C12H27N3O. The summed E-state index contributed by atoms with van der Waals surface area (Å²) < 4.78 is 0. The zero-order valence-corrected chi connectivity index (χ0v) is 10.7. The van der Waals surface area contributed by atoms with Crippen LogP contribution in [-0.2, 0) is 0 Å². The van der Waals surface area contributed by atoms with Crippen LogP contribution in [-0.4, -0.2) is 66.8 Å². The largest absolute Gasteiger partial charge is 0.392 e. The number of aliphatic hydroxyl groups excluding tert-OH is 1. The fraction of sp³-hybridized carbons (Fsp3) is 1.00. The Hall–Kier alpha value is -0.160. The van der Waals surface area contributed by atoms with Gasteiger partial charge in [-0.2, -0.15) is 0 Å². The summed E-state index contributed by atoms with van der Waals surface area (Å²) in [6.07, 6.45) is 0.481. The van der Waals surface area contributed by atoms with Crippen molar-refractivity contribution >= 4 is 0 Å². The maximum atomic E-state index is 9.40. The van der Waals surface area contributed by atoms with Crippen LogP contribution in [0.15, 0.2) is 0 Å². The molecule has 1 aliphatic rings. The molecule has 4 nitrogen and oxygen atoms in total. The minimum atomic E-state index is -0.325. The van der Waals surface area contributed by atoms with E-state index in [1.54, 1.807) is 0 Å². The predicted octanol–water partition coefficient (Wildman–Crippen LogP) is -0.0303. The van der Waals surface area contributed by atoms with E-state index in [1.807, 2.05) is 0 Å². The minimum Gasteiger partial charge on any atom is -0.392 e. The molecule has 0 radical (unpaired) electrons. The summed E-state index contributed by atoms with van der Waals surface area (Å²) >= 11 is 0. The number of nitrogens with zero attached hydrogens (tertiary/aromatic N) is 2. The molecule has 0 amide bonds. The van der Waals surface area contributed by atoms with E-state index in [0.717, 1.165) is 45.1 Å². The first-order valence-corrected chi connectivity index (χ1v) is 6.44. The quantitative estimate of drug-likeness (QED) is 0.671. The van der Waals surface area contributed by atoms with Crippen molar-refractivity contribution in [1.29, 1.82) is 0 Å². The molecule has 3 N–H and O–H groups in total. The van der Waals surface area contributed by atoms with Crippen molar-refractivity contribution in [1.82, 2.24) is 9.80 Å². The summed E-state index contributed by atoms with van der Waals surface area (Å²) in [5.41, 5.74) is 5.39. The van der Waals surface area contributed by atoms with Crippen molar-refractivity contribution in [2.45, 2.75) is 26.4 Å². The molecule has 96 valence electrons. The van der Waals surface area contributed by atoms with Crippen molar-refractivity contribution in [3.05, 3.63) is 0 Å². The van der Waals surface area contributed by atoms with Gasteiger partial charge in [0.1, 0.15) is 0 Å². The van der Waals surface area contributed by atoms with E-state index >= 15 is 0 Å². The zero-order valence-electron chi connectivity index (χ0n) is 10.7. The normalized spacial score (nSPS) is 21.6. The highest BCUT2D eigenvalue weighted by molar-refractivity contribution is 4.73. The minimum absolute atomic E-state index is 0.325. The summed E-state index contributed by atoms with van der Waals surface area (Å²) in [6, 6.07) is 0. The van der Waals surface area contributed by atoms with Crippen molar-refractivity contribution in [2.24, 2.45) is 11.7 Å². The number of nitrogens with two attached hydrogens (primary N) is 1. The number of rotatable bonds is 6. The summed E-state index contributed by atoms with van der Waals surface area (Å²) in [4.78, 5) is 4.95. The molecule has 0 spiro atoms. The van der Waals surface area contributed by atoms with Gasteiger partial charge in [-0.15, -0.1) is 0 Å². The lowest BCUT2D eigenvalue weighted by Crippen LogP contribution is -2.48. The van der Waals surface area contributed by atoms with Gasteiger partial charge < -0.3 is 20.6 Å². The van der Waals surface area contributed by atoms with E-state index in [1.165, 1.54) is 6.54 Å². The molecular weight excluding hydrogens is 202 g/mol. The molecule has 0 saturated carbocycles. The molecule has 0 aromatic carbocycles. The molecule has 1 saturated heterocycles. The van der Waals surface area contributed by atoms with Crippen molar-refractivity contribution in [3.8, 4) is 0 Å². The van der Waals surface area contributed by atoms with Crippen LogP contribution in [0.3, 0.4) is 0 Å². The molecule has 0 bridgehead atoms. The SMILES string of the molecule is CC(C)CN1CCN(CCC(O)CN)CC1. The molecule has 16 heavy (non-hydrogen) atoms. The van der Waals surface area contributed by atoms with Gasteiger partial charge in [0.25, 0.3) is 0 Å². The first kappa shape index (κ1) is 13.9. The summed E-state index contributed by atoms with van der Waals surface area (Å²) in [5, 5.41) is 9.40. The summed E-state index contributed by atoms with van der Waals surface area (Å²) in [6.45, 7) is 11.7. The lowest BCUT2D eigenvalue weighted by atomic mass is 10.2. The van der Waals surface area contributed by atoms with Crippen molar-refractivity contribution in [2.75, 3.05) is 45.8 Å². The van der Waals surface area contributed by atoms with E-state index in [4.69, 9.17) is 5.73 Å². The van der Waals surface area contributed by atoms with Crippen LogP contribution >= 0.6 is 0 Å². The summed E-state index contributed by atoms with van der Waals surface area (Å²) in [5.74, 6) is 0.755. The molecule has 4 heteroatoms. The molecule has 0 aromatic rings. The van der Waals surface area contributed by atoms with Gasteiger partial charge in [0.05, 0.1) is 6.10 Å². The molecule has 1 fully saturated rings. The molecule has 0 aromatic heterocycles. The summed E-state index contributed by atoms with van der Waals surface area (Å²) in [7, 11) is 0. The van der Waals surface area contributed by atoms with Gasteiger partial charge in [-0.3, -0.25) is 0 Å². The maximum absolute atomic E-state index is 9.40. The van der Waals surface area contributed by atoms with Gasteiger partial charge >= 0.3 is 0 Å². The van der Waals surface area contributed by atoms with E-state index in [9.17, 15) is 5.11 Å². The first-order valence-electron chi connectivity index (χ1n) is 6.44. The maximum Gasteiger partial charge on any atom is 0.0674 e. The molecule has 0 aliphatic carbocycles. The predicted molar refractivity (Wildman–Crippen MR) is 67.4 cm³/mol. The second-order valence-electron chi connectivity index (χ2n) is 5.21. The topological polar surface area (TPSA) is 52.7 Å². The van der Waals surface area contributed by atoms with Gasteiger partial charge in [0.15, 0.2) is 0 Å². The molecule has 1 heterocycles. The van der Waals surface area contributed by atoms with E-state index < -0.39 is 0 Å². The van der Waals surface area contributed by atoms with E-state index in [-0.39, 0.29) is 6.10 Å². The highest BCUT2D eigenvalue weighted by atomic mass is 16.3. The fourth-order valence-corrected chi connectivity index (χ4v) is 2.16. The fourth-order valence-electron chi connectivity index (χ4n) is 2.16. The standard InChI is InChI=1S/C12H27N3O/c1-11(2)10-15-7-5-14(6-8-15)4-3-12(16)9-13/h11-12,16H,3-10,13H2,1-2H3. The monoisotopic (exact) mass is 229 g/mol. The van der Waals surface area contributed by atoms with E-state index in [0.29, 0.717) is 6.54 Å². The second-order valence-corrected chi connectivity index (χ2v) is 5.21. The molecule has 1 unspecified atom stereocenters. The molecule has 1 rings (SSSR count).